The van der Waals surface area contributed by atoms with E-state index in [1.807, 2.05) is 0 Å². The maximum absolute atomic E-state index is 2.47. The first-order valence-electron chi connectivity index (χ1n) is 21.2. The molecule has 0 N–H and O–H groups in total. The van der Waals surface area contributed by atoms with Gasteiger partial charge in [0, 0.05) is 44.4 Å². The zero-order chi connectivity index (χ0) is 40.3. The van der Waals surface area contributed by atoms with Crippen LogP contribution in [-0.4, -0.2) is 4.57 Å². The molecule has 1 aromatic heterocycles. The van der Waals surface area contributed by atoms with E-state index in [1.54, 1.807) is 0 Å². The summed E-state index contributed by atoms with van der Waals surface area (Å²) in [6.45, 7) is 9.54. The number of fused-ring (bicyclic) bond motifs is 10. The summed E-state index contributed by atoms with van der Waals surface area (Å²) in [5.74, 6) is 0. The molecule has 2 heteroatoms. The van der Waals surface area contributed by atoms with E-state index < -0.39 is 0 Å². The molecule has 0 saturated carbocycles. The Morgan fingerprint density at radius 2 is 0.867 bits per heavy atom. The molecule has 0 unspecified atom stereocenters. The van der Waals surface area contributed by atoms with Crippen molar-refractivity contribution < 1.29 is 0 Å². The van der Waals surface area contributed by atoms with Gasteiger partial charge in [-0.2, -0.15) is 0 Å². The fourth-order valence-electron chi connectivity index (χ4n) is 10.6. The number of para-hydroxylation sites is 1. The minimum absolute atomic E-state index is 0.104. The summed E-state index contributed by atoms with van der Waals surface area (Å²) < 4.78 is 2.47. The van der Waals surface area contributed by atoms with Crippen molar-refractivity contribution >= 4 is 49.6 Å². The number of aromatic nitrogens is 1. The third-order valence-corrected chi connectivity index (χ3v) is 13.8. The van der Waals surface area contributed by atoms with E-state index in [9.17, 15) is 0 Å². The van der Waals surface area contributed by atoms with Gasteiger partial charge in [-0.3, -0.25) is 0 Å². The van der Waals surface area contributed by atoms with Crippen LogP contribution in [0.15, 0.2) is 194 Å². The van der Waals surface area contributed by atoms with Gasteiger partial charge in [0.1, 0.15) is 0 Å². The molecule has 12 rings (SSSR count). The Morgan fingerprint density at radius 1 is 0.350 bits per heavy atom. The summed E-state index contributed by atoms with van der Waals surface area (Å²) in [5, 5.41) is 5.09. The molecule has 0 bridgehead atoms. The number of hydrogen-bond acceptors (Lipinski definition) is 1. The summed E-state index contributed by atoms with van der Waals surface area (Å²) in [6.07, 6.45) is 0. The molecule has 9 aromatic carbocycles. The van der Waals surface area contributed by atoms with Crippen LogP contribution in [0.1, 0.15) is 49.9 Å². The number of rotatable bonds is 5. The zero-order valence-electron chi connectivity index (χ0n) is 34.4. The van der Waals surface area contributed by atoms with Crippen molar-refractivity contribution in [2.45, 2.75) is 38.5 Å². The average Bonchev–Trinajstić information content (AvgIpc) is 3.82. The van der Waals surface area contributed by atoms with Crippen molar-refractivity contribution in [1.29, 1.82) is 0 Å². The molecule has 0 spiro atoms. The van der Waals surface area contributed by atoms with Gasteiger partial charge < -0.3 is 9.47 Å². The highest BCUT2D eigenvalue weighted by Crippen LogP contribution is 2.53. The minimum atomic E-state index is -0.230. The van der Waals surface area contributed by atoms with E-state index in [2.05, 4.69) is 231 Å². The fourth-order valence-corrected chi connectivity index (χ4v) is 10.6. The van der Waals surface area contributed by atoms with Crippen LogP contribution in [0, 0.1) is 0 Å². The van der Waals surface area contributed by atoms with E-state index in [0.717, 1.165) is 17.1 Å². The third kappa shape index (κ3) is 5.01. The highest BCUT2D eigenvalue weighted by atomic mass is 15.1. The Bertz CT molecular complexity index is 3360. The van der Waals surface area contributed by atoms with Crippen molar-refractivity contribution in [1.82, 2.24) is 4.57 Å². The SMILES string of the molecule is CC1(C)c2ccccc2-c2ccc(N(c3ccc(-c4ccccc4)cc3)c3ccc4c(c3)C(C)(C)c3cc(-n5c6ccccc6c6cc7ccccc7cc65)ccc3-4)cc21. The topological polar surface area (TPSA) is 8.17 Å². The summed E-state index contributed by atoms with van der Waals surface area (Å²) in [6, 6.07) is 72.3. The summed E-state index contributed by atoms with van der Waals surface area (Å²) in [4.78, 5) is 2.46. The van der Waals surface area contributed by atoms with Crippen LogP contribution < -0.4 is 4.90 Å². The molecule has 0 saturated heterocycles. The average molecular weight is 769 g/mol. The highest BCUT2D eigenvalue weighted by molar-refractivity contribution is 6.13. The lowest BCUT2D eigenvalue weighted by Crippen LogP contribution is -2.18. The van der Waals surface area contributed by atoms with Crippen LogP contribution in [0.3, 0.4) is 0 Å². The van der Waals surface area contributed by atoms with Gasteiger partial charge in [0.25, 0.3) is 0 Å². The minimum Gasteiger partial charge on any atom is -0.310 e. The maximum Gasteiger partial charge on any atom is 0.0547 e. The predicted octanol–water partition coefficient (Wildman–Crippen LogP) is 15.7. The monoisotopic (exact) mass is 768 g/mol. The van der Waals surface area contributed by atoms with E-state index in [4.69, 9.17) is 0 Å². The molecule has 60 heavy (non-hydrogen) atoms. The lowest BCUT2D eigenvalue weighted by molar-refractivity contribution is 0.659. The van der Waals surface area contributed by atoms with Crippen LogP contribution in [0.2, 0.25) is 0 Å². The Hall–Kier alpha value is -7.16. The lowest BCUT2D eigenvalue weighted by Gasteiger charge is -2.30. The first-order valence-corrected chi connectivity index (χ1v) is 21.2. The van der Waals surface area contributed by atoms with E-state index in [0.29, 0.717) is 0 Å². The molecule has 2 aliphatic carbocycles. The Kier molecular flexibility index (Phi) is 7.36. The van der Waals surface area contributed by atoms with Gasteiger partial charge in [0.2, 0.25) is 0 Å². The van der Waals surface area contributed by atoms with Gasteiger partial charge in [0.15, 0.2) is 0 Å². The van der Waals surface area contributed by atoms with Crippen molar-refractivity contribution in [2.75, 3.05) is 4.90 Å². The molecule has 0 aliphatic heterocycles. The first-order chi connectivity index (χ1) is 29.3. The Labute approximate surface area is 351 Å². The summed E-state index contributed by atoms with van der Waals surface area (Å²) in [7, 11) is 0. The quantitative estimate of drug-likeness (QED) is 0.169. The van der Waals surface area contributed by atoms with Crippen molar-refractivity contribution in [3.05, 3.63) is 216 Å². The van der Waals surface area contributed by atoms with Gasteiger partial charge in [-0.15, -0.1) is 0 Å². The molecule has 2 aliphatic rings. The first kappa shape index (κ1) is 34.8. The number of benzene rings is 9. The van der Waals surface area contributed by atoms with Crippen LogP contribution in [0.5, 0.6) is 0 Å². The van der Waals surface area contributed by atoms with Crippen LogP contribution in [0.4, 0.5) is 17.1 Å². The van der Waals surface area contributed by atoms with Gasteiger partial charge >= 0.3 is 0 Å². The Morgan fingerprint density at radius 3 is 1.58 bits per heavy atom. The van der Waals surface area contributed by atoms with Crippen molar-refractivity contribution in [2.24, 2.45) is 0 Å². The second-order valence-electron chi connectivity index (χ2n) is 17.8. The number of nitrogens with zero attached hydrogens (tertiary/aromatic N) is 2. The molecule has 0 atom stereocenters. The van der Waals surface area contributed by atoms with E-state index >= 15 is 0 Å². The van der Waals surface area contributed by atoms with Gasteiger partial charge in [-0.05, 0) is 133 Å². The number of hydrogen-bond donors (Lipinski definition) is 0. The third-order valence-electron chi connectivity index (χ3n) is 13.8. The van der Waals surface area contributed by atoms with Crippen LogP contribution in [0.25, 0.3) is 71.6 Å². The largest absolute Gasteiger partial charge is 0.310 e. The second-order valence-corrected chi connectivity index (χ2v) is 17.8. The van der Waals surface area contributed by atoms with E-state index in [1.165, 1.54) is 93.9 Å². The van der Waals surface area contributed by atoms with E-state index in [-0.39, 0.29) is 10.8 Å². The molecule has 286 valence electrons. The summed E-state index contributed by atoms with van der Waals surface area (Å²) >= 11 is 0. The fraction of sp³-hybridized carbons (Fsp3) is 0.103. The molecule has 1 heterocycles. The molecule has 0 fully saturated rings. The van der Waals surface area contributed by atoms with Crippen LogP contribution >= 0.6 is 0 Å². The zero-order valence-corrected chi connectivity index (χ0v) is 34.4. The van der Waals surface area contributed by atoms with Gasteiger partial charge in [-0.25, -0.2) is 0 Å². The number of anilines is 3. The second kappa shape index (κ2) is 12.7. The Balaban J connectivity index is 0.995. The standard InChI is InChI=1S/C58H44N2/c1-57(2)51-20-12-10-18-45(51)46-29-26-42(34-52(46)57)59(41-24-22-38(23-25-41)37-14-6-5-7-15-37)43-27-30-47-48-31-28-44(36-54(48)58(3,4)53(47)35-43)60-55-21-13-11-19-49(55)50-32-39-16-8-9-17-40(39)33-56(50)60/h5-36H,1-4H3. The van der Waals surface area contributed by atoms with Crippen LogP contribution in [-0.2, 0) is 10.8 Å². The molecular formula is C58H44N2. The normalized spacial score (nSPS) is 14.3. The van der Waals surface area contributed by atoms with Crippen molar-refractivity contribution in [3.63, 3.8) is 0 Å². The molecular weight excluding hydrogens is 725 g/mol. The molecule has 0 amide bonds. The van der Waals surface area contributed by atoms with Gasteiger partial charge in [0.05, 0.1) is 11.0 Å². The maximum atomic E-state index is 2.47. The van der Waals surface area contributed by atoms with Gasteiger partial charge in [-0.1, -0.05) is 155 Å². The lowest BCUT2D eigenvalue weighted by atomic mass is 9.82. The molecule has 10 aromatic rings. The highest BCUT2D eigenvalue weighted by Gasteiger charge is 2.38. The smallest absolute Gasteiger partial charge is 0.0547 e. The molecule has 2 nitrogen and oxygen atoms in total. The predicted molar refractivity (Wildman–Crippen MR) is 254 cm³/mol. The van der Waals surface area contributed by atoms with Crippen molar-refractivity contribution in [3.8, 4) is 39.1 Å². The summed E-state index contributed by atoms with van der Waals surface area (Å²) in [5.41, 5.74) is 20.0. The molecule has 0 radical (unpaired) electrons.